The maximum absolute atomic E-state index is 11.6. The number of Topliss-reactive ketones (excluding diaryl/α,β-unsaturated/α-hetero) is 1. The third-order valence-corrected chi connectivity index (χ3v) is 1.63. The van der Waals surface area contributed by atoms with Crippen molar-refractivity contribution in [1.29, 1.82) is 0 Å². The van der Waals surface area contributed by atoms with E-state index >= 15 is 0 Å². The third-order valence-electron chi connectivity index (χ3n) is 1.63. The van der Waals surface area contributed by atoms with E-state index in [2.05, 4.69) is 0 Å². The van der Waals surface area contributed by atoms with Crippen molar-refractivity contribution < 1.29 is 17.7 Å². The van der Waals surface area contributed by atoms with Crippen molar-refractivity contribution in [3.63, 3.8) is 0 Å². The van der Waals surface area contributed by atoms with Gasteiger partial charge in [-0.05, 0) is 0 Å². The van der Waals surface area contributed by atoms with Crippen LogP contribution in [0.5, 0.6) is 0 Å². The van der Waals surface area contributed by atoms with Gasteiger partial charge in [-0.1, -0.05) is 12.2 Å². The first-order valence-electron chi connectivity index (χ1n) is 3.20. The highest BCUT2D eigenvalue weighted by Gasteiger charge is 2.34. The second kappa shape index (κ2) is 2.29. The number of ketones is 1. The average Bonchev–Trinajstić information content (AvgIpc) is 1.57. The van der Waals surface area contributed by atoms with E-state index in [1.165, 1.54) is 0 Å². The minimum absolute atomic E-state index is 0.0370. The minimum atomic E-state index is -4.67. The fourth-order valence-corrected chi connectivity index (χ4v) is 1.13. The van der Waals surface area contributed by atoms with Gasteiger partial charge in [0.05, 0.1) is 0 Å². The van der Waals surface area contributed by atoms with Crippen LogP contribution in [-0.2, 0) is 4.79 Å². The van der Waals surface area contributed by atoms with Crippen LogP contribution in [0.15, 0.2) is 0 Å². The molecule has 0 aromatic rings. The van der Waals surface area contributed by atoms with E-state index < -0.39 is 19.2 Å². The van der Waals surface area contributed by atoms with E-state index in [-0.39, 0.29) is 18.6 Å². The number of halogens is 3. The molecule has 5 heteroatoms. The lowest BCUT2D eigenvalue weighted by Gasteiger charge is -2.28. The van der Waals surface area contributed by atoms with E-state index in [1.54, 1.807) is 0 Å². The molecule has 0 aromatic carbocycles. The Morgan fingerprint density at radius 1 is 1.40 bits per heavy atom. The molecule has 1 nitrogen and oxygen atoms in total. The normalized spacial score (nSPS) is 20.9. The second-order valence-corrected chi connectivity index (χ2v) is 2.76. The highest BCUT2D eigenvalue weighted by Crippen LogP contribution is 2.32. The van der Waals surface area contributed by atoms with Crippen LogP contribution in [-0.4, -0.2) is 12.8 Å². The summed E-state index contributed by atoms with van der Waals surface area (Å²) >= 11 is 0. The molecule has 1 saturated carbocycles. The monoisotopic (exact) mass is 151 g/mol. The van der Waals surface area contributed by atoms with Crippen molar-refractivity contribution >= 4 is 12.8 Å². The van der Waals surface area contributed by atoms with Gasteiger partial charge in [0.25, 0.3) is 0 Å². The van der Waals surface area contributed by atoms with Gasteiger partial charge in [-0.3, -0.25) is 4.79 Å². The maximum Gasteiger partial charge on any atom is 0.478 e. The predicted octanol–water partition coefficient (Wildman–Crippen LogP) is 1.81. The predicted molar refractivity (Wildman–Crippen MR) is 31.6 cm³/mol. The summed E-state index contributed by atoms with van der Waals surface area (Å²) in [5, 5.41) is 0. The van der Waals surface area contributed by atoms with Crippen LogP contribution in [0.1, 0.15) is 12.8 Å². The molecular weight excluding hydrogens is 144 g/mol. The van der Waals surface area contributed by atoms with Gasteiger partial charge in [0, 0.05) is 12.8 Å². The lowest BCUT2D eigenvalue weighted by molar-refractivity contribution is -0.126. The Morgan fingerprint density at radius 2 is 1.90 bits per heavy atom. The number of carbonyl (C=O) groups is 1. The summed E-state index contributed by atoms with van der Waals surface area (Å²) in [6.07, 6.45) is -0.450. The first kappa shape index (κ1) is 7.63. The van der Waals surface area contributed by atoms with Gasteiger partial charge in [-0.25, -0.2) is 0 Å². The number of rotatable bonds is 2. The van der Waals surface area contributed by atoms with Crippen molar-refractivity contribution in [1.82, 2.24) is 0 Å². The molecule has 10 heavy (non-hydrogen) atoms. The van der Waals surface area contributed by atoms with Crippen molar-refractivity contribution in [2.45, 2.75) is 19.2 Å². The Bertz CT molecular complexity index is 145. The van der Waals surface area contributed by atoms with Crippen LogP contribution in [0.2, 0.25) is 6.32 Å². The van der Waals surface area contributed by atoms with E-state index in [1.807, 2.05) is 0 Å². The smallest absolute Gasteiger partial charge is 0.449 e. The van der Waals surface area contributed by atoms with Crippen LogP contribution in [0, 0.1) is 5.92 Å². The molecule has 1 aliphatic carbocycles. The highest BCUT2D eigenvalue weighted by atomic mass is 19.4. The molecule has 0 atom stereocenters. The van der Waals surface area contributed by atoms with Gasteiger partial charge < -0.3 is 12.9 Å². The quantitative estimate of drug-likeness (QED) is 0.550. The Hall–Kier alpha value is -0.475. The summed E-state index contributed by atoms with van der Waals surface area (Å²) < 4.78 is 34.8. The molecular formula is C5H7BF3O-. The molecule has 58 valence electrons. The van der Waals surface area contributed by atoms with Crippen molar-refractivity contribution in [3.8, 4) is 0 Å². The zero-order valence-corrected chi connectivity index (χ0v) is 5.32. The molecule has 0 bridgehead atoms. The molecule has 1 aliphatic rings. The molecule has 1 rings (SSSR count). The van der Waals surface area contributed by atoms with Crippen molar-refractivity contribution in [2.75, 3.05) is 0 Å². The molecule has 0 radical (unpaired) electrons. The van der Waals surface area contributed by atoms with Crippen molar-refractivity contribution in [2.24, 2.45) is 5.92 Å². The maximum atomic E-state index is 11.6. The molecule has 0 aliphatic heterocycles. The van der Waals surface area contributed by atoms with Crippen LogP contribution < -0.4 is 0 Å². The molecule has 1 fully saturated rings. The average molecular weight is 151 g/mol. The van der Waals surface area contributed by atoms with Crippen molar-refractivity contribution in [3.05, 3.63) is 0 Å². The molecule has 0 unspecified atom stereocenters. The topological polar surface area (TPSA) is 17.1 Å². The summed E-state index contributed by atoms with van der Waals surface area (Å²) in [5.74, 6) is -0.433. The van der Waals surface area contributed by atoms with Gasteiger partial charge in [0.1, 0.15) is 5.78 Å². The van der Waals surface area contributed by atoms with Crippen LogP contribution in [0.25, 0.3) is 0 Å². The molecule has 0 aromatic heterocycles. The zero-order chi connectivity index (χ0) is 7.78. The Balaban J connectivity index is 2.22. The third kappa shape index (κ3) is 2.04. The zero-order valence-electron chi connectivity index (χ0n) is 5.32. The molecule has 0 N–H and O–H groups in total. The van der Waals surface area contributed by atoms with E-state index in [0.29, 0.717) is 0 Å². The van der Waals surface area contributed by atoms with Crippen LogP contribution >= 0.6 is 0 Å². The summed E-state index contributed by atoms with van der Waals surface area (Å²) in [6.45, 7) is -4.67. The Kier molecular flexibility index (Phi) is 1.75. The van der Waals surface area contributed by atoms with E-state index in [4.69, 9.17) is 0 Å². The van der Waals surface area contributed by atoms with Gasteiger partial charge in [0.2, 0.25) is 0 Å². The SMILES string of the molecule is O=C1CC(C[B-](F)(F)F)C1. The summed E-state index contributed by atoms with van der Waals surface area (Å²) in [4.78, 5) is 10.2. The van der Waals surface area contributed by atoms with Crippen LogP contribution in [0.4, 0.5) is 12.9 Å². The molecule has 0 amide bonds. The first-order chi connectivity index (χ1) is 4.47. The number of hydrogen-bond acceptors (Lipinski definition) is 1. The second-order valence-electron chi connectivity index (χ2n) is 2.76. The minimum Gasteiger partial charge on any atom is -0.449 e. The largest absolute Gasteiger partial charge is 0.478 e. The standard InChI is InChI=1S/C5H7BF3O/c7-6(8,9)3-4-1-5(10)2-4/h4H,1-3H2/q-1. The van der Waals surface area contributed by atoms with E-state index in [9.17, 15) is 17.7 Å². The summed E-state index contributed by atoms with van der Waals surface area (Å²) in [6, 6.07) is 0. The number of carbonyl (C=O) groups excluding carboxylic acids is 1. The molecule has 0 spiro atoms. The first-order valence-corrected chi connectivity index (χ1v) is 3.20. The van der Waals surface area contributed by atoms with Crippen LogP contribution in [0.3, 0.4) is 0 Å². The summed E-state index contributed by atoms with van der Waals surface area (Å²) in [7, 11) is 0. The Morgan fingerprint density at radius 3 is 2.20 bits per heavy atom. The fraction of sp³-hybridized carbons (Fsp3) is 0.800. The summed E-state index contributed by atoms with van der Waals surface area (Å²) in [5.41, 5.74) is 0. The van der Waals surface area contributed by atoms with Gasteiger partial charge in [-0.2, -0.15) is 0 Å². The lowest BCUT2D eigenvalue weighted by Crippen LogP contribution is -2.30. The lowest BCUT2D eigenvalue weighted by atomic mass is 9.69. The molecule has 0 saturated heterocycles. The fourth-order valence-electron chi connectivity index (χ4n) is 1.13. The molecule has 0 heterocycles. The van der Waals surface area contributed by atoms with Gasteiger partial charge >= 0.3 is 6.98 Å². The Labute approximate surface area is 56.7 Å². The highest BCUT2D eigenvalue weighted by molar-refractivity contribution is 6.58. The van der Waals surface area contributed by atoms with E-state index in [0.717, 1.165) is 0 Å². The van der Waals surface area contributed by atoms with Gasteiger partial charge in [0.15, 0.2) is 0 Å². The van der Waals surface area contributed by atoms with Gasteiger partial charge in [-0.15, -0.1) is 0 Å². The number of hydrogen-bond donors (Lipinski definition) is 0.